The van der Waals surface area contributed by atoms with Crippen molar-refractivity contribution < 1.29 is 24.5 Å². The molecule has 1 fully saturated rings. The van der Waals surface area contributed by atoms with Gasteiger partial charge in [0.05, 0.1) is 12.7 Å². The minimum atomic E-state index is -0.809. The maximum Gasteiger partial charge on any atom is 0.215 e. The molecule has 0 aromatic carbocycles. The number of imidazole rings is 1. The van der Waals surface area contributed by atoms with Gasteiger partial charge >= 0.3 is 0 Å². The highest BCUT2D eigenvalue weighted by molar-refractivity contribution is 5.77. The molecule has 0 saturated carbocycles. The summed E-state index contributed by atoms with van der Waals surface area (Å²) in [6, 6.07) is 0. The Balaban J connectivity index is 2.07. The Morgan fingerprint density at radius 3 is 2.91 bits per heavy atom. The number of carbonyl (C=O) groups is 2. The van der Waals surface area contributed by atoms with Gasteiger partial charge in [-0.3, -0.25) is 14.5 Å². The molecule has 0 spiro atoms. The summed E-state index contributed by atoms with van der Waals surface area (Å²) in [6.45, 7) is 1.21. The molecule has 1 amide bonds. The molecule has 0 aliphatic carbocycles. The molecule has 1 aliphatic rings. The van der Waals surface area contributed by atoms with E-state index in [9.17, 15) is 14.7 Å². The first-order valence-corrected chi connectivity index (χ1v) is 7.31. The summed E-state index contributed by atoms with van der Waals surface area (Å²) < 4.78 is 7.19. The zero-order valence-corrected chi connectivity index (χ0v) is 13.1. The van der Waals surface area contributed by atoms with Gasteiger partial charge in [0.2, 0.25) is 6.41 Å². The fourth-order valence-corrected chi connectivity index (χ4v) is 2.45. The first kappa shape index (κ1) is 17.3. The topological polar surface area (TPSA) is 105 Å². The predicted molar refractivity (Wildman–Crippen MR) is 80.9 cm³/mol. The molecule has 8 nitrogen and oxygen atoms in total. The number of hydrogen-bond acceptors (Lipinski definition) is 6. The molecule has 3 unspecified atom stereocenters. The highest BCUT2D eigenvalue weighted by Gasteiger charge is 2.35. The van der Waals surface area contributed by atoms with Crippen molar-refractivity contribution >= 4 is 18.3 Å². The van der Waals surface area contributed by atoms with Gasteiger partial charge in [-0.25, -0.2) is 4.98 Å². The highest BCUT2D eigenvalue weighted by atomic mass is 16.5. The summed E-state index contributed by atoms with van der Waals surface area (Å²) in [6.07, 6.45) is 3.73. The van der Waals surface area contributed by atoms with Gasteiger partial charge in [0, 0.05) is 38.0 Å². The quantitative estimate of drug-likeness (QED) is 0.652. The molecule has 2 rings (SSSR count). The third kappa shape index (κ3) is 4.04. The number of carbonyl (C=O) groups excluding carboxylic acids is 2. The van der Waals surface area contributed by atoms with Crippen LogP contribution in [0.25, 0.3) is 6.08 Å². The van der Waals surface area contributed by atoms with Crippen LogP contribution in [0, 0.1) is 0 Å². The van der Waals surface area contributed by atoms with Crippen molar-refractivity contribution in [2.24, 2.45) is 7.05 Å². The number of ether oxygens (including phenoxy) is 1. The Hall–Kier alpha value is -2.03. The number of nitrogens with zero attached hydrogens (tertiary/aromatic N) is 3. The van der Waals surface area contributed by atoms with Gasteiger partial charge in [0.1, 0.15) is 23.9 Å². The number of hydrogen-bond donors (Lipinski definition) is 2. The number of ketones is 1. The molecule has 0 bridgehead atoms. The number of aliphatic hydroxyl groups excluding tert-OH is 2. The van der Waals surface area contributed by atoms with Gasteiger partial charge in [-0.15, -0.1) is 0 Å². The standard InChI is InChI=1S/C15H21N3O5/c1-10(21)5-11-7-16-14(17(11)2)3-4-18(9-20)15-6-12(22)13(8-19)23-15/h3-4,7,9,12-13,15,19,22H,5-6,8H2,1-2H3/b4-3-. The van der Waals surface area contributed by atoms with Crippen LogP contribution in [0.15, 0.2) is 12.4 Å². The average Bonchev–Trinajstić information content (AvgIpc) is 3.04. The molecular weight excluding hydrogens is 302 g/mol. The van der Waals surface area contributed by atoms with Gasteiger partial charge in [0.15, 0.2) is 0 Å². The van der Waals surface area contributed by atoms with E-state index in [2.05, 4.69) is 4.98 Å². The van der Waals surface area contributed by atoms with E-state index in [0.717, 1.165) is 5.69 Å². The van der Waals surface area contributed by atoms with Crippen molar-refractivity contribution in [2.75, 3.05) is 6.61 Å². The molecule has 1 aliphatic heterocycles. The van der Waals surface area contributed by atoms with Crippen LogP contribution in [0.4, 0.5) is 0 Å². The lowest BCUT2D eigenvalue weighted by atomic mass is 10.2. The maximum absolute atomic E-state index is 11.2. The van der Waals surface area contributed by atoms with Crippen LogP contribution in [0.1, 0.15) is 24.9 Å². The summed E-state index contributed by atoms with van der Waals surface area (Å²) in [4.78, 5) is 27.9. The van der Waals surface area contributed by atoms with E-state index in [1.165, 1.54) is 18.0 Å². The van der Waals surface area contributed by atoms with Crippen molar-refractivity contribution in [1.82, 2.24) is 14.5 Å². The average molecular weight is 323 g/mol. The number of Topliss-reactive ketones (excluding diaryl/α,β-unsaturated/α-hetero) is 1. The Labute approximate surface area is 134 Å². The van der Waals surface area contributed by atoms with Crippen LogP contribution in [0.5, 0.6) is 0 Å². The maximum atomic E-state index is 11.2. The normalized spacial score (nSPS) is 24.3. The van der Waals surface area contributed by atoms with E-state index in [-0.39, 0.29) is 18.8 Å². The van der Waals surface area contributed by atoms with E-state index in [1.807, 2.05) is 0 Å². The summed E-state index contributed by atoms with van der Waals surface area (Å²) in [7, 11) is 1.79. The second-order valence-corrected chi connectivity index (χ2v) is 5.53. The number of aliphatic hydroxyl groups is 2. The summed E-state index contributed by atoms with van der Waals surface area (Å²) in [5.74, 6) is 0.631. The fourth-order valence-electron chi connectivity index (χ4n) is 2.45. The minimum absolute atomic E-state index is 0.0430. The summed E-state index contributed by atoms with van der Waals surface area (Å²) in [5, 5.41) is 18.8. The van der Waals surface area contributed by atoms with E-state index < -0.39 is 18.4 Å². The van der Waals surface area contributed by atoms with Crippen molar-refractivity contribution in [3.8, 4) is 0 Å². The Kier molecular flexibility index (Phi) is 5.64. The molecule has 2 N–H and O–H groups in total. The molecular formula is C15H21N3O5. The smallest absolute Gasteiger partial charge is 0.215 e. The first-order valence-electron chi connectivity index (χ1n) is 7.31. The van der Waals surface area contributed by atoms with Gasteiger partial charge < -0.3 is 19.5 Å². The second-order valence-electron chi connectivity index (χ2n) is 5.53. The molecule has 2 heterocycles. The van der Waals surface area contributed by atoms with Gasteiger partial charge in [-0.1, -0.05) is 0 Å². The molecule has 1 aromatic heterocycles. The number of aromatic nitrogens is 2. The molecule has 0 radical (unpaired) electrons. The number of amides is 1. The van der Waals surface area contributed by atoms with Crippen LogP contribution in [0.3, 0.4) is 0 Å². The lowest BCUT2D eigenvalue weighted by molar-refractivity contribution is -0.127. The predicted octanol–water partition coefficient (Wildman–Crippen LogP) is -0.551. The molecule has 126 valence electrons. The van der Waals surface area contributed by atoms with E-state index in [4.69, 9.17) is 9.84 Å². The van der Waals surface area contributed by atoms with Crippen molar-refractivity contribution in [3.63, 3.8) is 0 Å². The van der Waals surface area contributed by atoms with Gasteiger partial charge in [-0.2, -0.15) is 0 Å². The zero-order valence-electron chi connectivity index (χ0n) is 13.1. The lowest BCUT2D eigenvalue weighted by Gasteiger charge is -2.20. The van der Waals surface area contributed by atoms with Crippen LogP contribution < -0.4 is 0 Å². The lowest BCUT2D eigenvalue weighted by Crippen LogP contribution is -2.30. The van der Waals surface area contributed by atoms with Crippen LogP contribution in [0.2, 0.25) is 0 Å². The summed E-state index contributed by atoms with van der Waals surface area (Å²) >= 11 is 0. The first-order chi connectivity index (χ1) is 11.0. The van der Waals surface area contributed by atoms with Crippen molar-refractivity contribution in [1.29, 1.82) is 0 Å². The minimum Gasteiger partial charge on any atom is -0.394 e. The van der Waals surface area contributed by atoms with Crippen LogP contribution in [-0.4, -0.2) is 61.9 Å². The van der Waals surface area contributed by atoms with Crippen LogP contribution >= 0.6 is 0 Å². The molecule has 8 heteroatoms. The third-order valence-corrected chi connectivity index (χ3v) is 3.78. The molecule has 1 saturated heterocycles. The fraction of sp³-hybridized carbons (Fsp3) is 0.533. The zero-order chi connectivity index (χ0) is 17.0. The monoisotopic (exact) mass is 323 g/mol. The van der Waals surface area contributed by atoms with Crippen molar-refractivity contribution in [2.45, 2.75) is 38.2 Å². The molecule has 3 atom stereocenters. The summed E-state index contributed by atoms with van der Waals surface area (Å²) in [5.41, 5.74) is 0.780. The van der Waals surface area contributed by atoms with E-state index >= 15 is 0 Å². The Bertz CT molecular complexity index is 598. The van der Waals surface area contributed by atoms with Crippen LogP contribution in [-0.2, 0) is 27.8 Å². The Morgan fingerprint density at radius 2 is 2.35 bits per heavy atom. The second kappa shape index (κ2) is 7.49. The molecule has 23 heavy (non-hydrogen) atoms. The van der Waals surface area contributed by atoms with E-state index in [1.54, 1.807) is 23.9 Å². The number of rotatable bonds is 7. The highest BCUT2D eigenvalue weighted by Crippen LogP contribution is 2.23. The van der Waals surface area contributed by atoms with Gasteiger partial charge in [0.25, 0.3) is 0 Å². The van der Waals surface area contributed by atoms with Gasteiger partial charge in [-0.05, 0) is 13.0 Å². The molecule has 1 aromatic rings. The van der Waals surface area contributed by atoms with Crippen molar-refractivity contribution in [3.05, 3.63) is 23.9 Å². The largest absolute Gasteiger partial charge is 0.394 e. The SMILES string of the molecule is CC(=O)Cc1cnc(/C=C\N(C=O)C2CC(O)C(CO)O2)n1C. The third-order valence-electron chi connectivity index (χ3n) is 3.78. The van der Waals surface area contributed by atoms with E-state index in [0.29, 0.717) is 18.7 Å². The Morgan fingerprint density at radius 1 is 1.61 bits per heavy atom.